The zero-order valence-electron chi connectivity index (χ0n) is 13.2. The summed E-state index contributed by atoms with van der Waals surface area (Å²) in [5.74, 6) is 1.98. The van der Waals surface area contributed by atoms with E-state index >= 15 is 0 Å². The first-order chi connectivity index (χ1) is 10.3. The predicted molar refractivity (Wildman–Crippen MR) is 87.5 cm³/mol. The summed E-state index contributed by atoms with van der Waals surface area (Å²) in [7, 11) is 2.04. The van der Waals surface area contributed by atoms with Gasteiger partial charge < -0.3 is 9.73 Å². The third-order valence-corrected chi connectivity index (χ3v) is 4.79. The molecule has 0 spiro atoms. The monoisotopic (exact) mass is 286 g/mol. The number of fused-ring (bicyclic) bond motifs is 1. The van der Waals surface area contributed by atoms with Gasteiger partial charge in [0.25, 0.3) is 0 Å². The summed E-state index contributed by atoms with van der Waals surface area (Å²) in [6, 6.07) is 8.39. The zero-order valence-corrected chi connectivity index (χ0v) is 13.2. The number of nitrogens with one attached hydrogen (secondary N) is 1. The zero-order chi connectivity index (χ0) is 14.7. The van der Waals surface area contributed by atoms with E-state index in [0.29, 0.717) is 0 Å². The summed E-state index contributed by atoms with van der Waals surface area (Å²) >= 11 is 0. The topological polar surface area (TPSA) is 28.4 Å². The maximum Gasteiger partial charge on any atom is 0.134 e. The molecule has 0 bridgehead atoms. The molecule has 0 radical (unpaired) electrons. The molecule has 1 saturated heterocycles. The van der Waals surface area contributed by atoms with Crippen molar-refractivity contribution in [2.24, 2.45) is 5.92 Å². The van der Waals surface area contributed by atoms with Crippen LogP contribution in [0.2, 0.25) is 0 Å². The van der Waals surface area contributed by atoms with E-state index in [2.05, 4.69) is 35.3 Å². The average molecular weight is 286 g/mol. The lowest BCUT2D eigenvalue weighted by Gasteiger charge is -2.31. The van der Waals surface area contributed by atoms with Crippen LogP contribution < -0.4 is 5.32 Å². The summed E-state index contributed by atoms with van der Waals surface area (Å²) in [4.78, 5) is 2.58. The SMILES string of the molecule is CNCCC1CCN(Cc2c(C)oc3ccccc23)CC1. The number of hydrogen-bond donors (Lipinski definition) is 1. The van der Waals surface area contributed by atoms with Gasteiger partial charge in [-0.2, -0.15) is 0 Å². The molecule has 0 atom stereocenters. The van der Waals surface area contributed by atoms with Crippen molar-refractivity contribution in [2.75, 3.05) is 26.7 Å². The Balaban J connectivity index is 1.63. The number of para-hydroxylation sites is 1. The van der Waals surface area contributed by atoms with Crippen LogP contribution in [0.4, 0.5) is 0 Å². The van der Waals surface area contributed by atoms with Crippen molar-refractivity contribution >= 4 is 11.0 Å². The molecule has 1 aliphatic rings. The van der Waals surface area contributed by atoms with Gasteiger partial charge in [0.1, 0.15) is 11.3 Å². The Kier molecular flexibility index (Phi) is 4.61. The standard InChI is InChI=1S/C18H26N2O/c1-14-17(16-5-3-4-6-18(16)21-14)13-20-11-8-15(9-12-20)7-10-19-2/h3-6,15,19H,7-13H2,1-2H3. The molecule has 0 aliphatic carbocycles. The highest BCUT2D eigenvalue weighted by Gasteiger charge is 2.21. The maximum atomic E-state index is 5.88. The van der Waals surface area contributed by atoms with Gasteiger partial charge in [-0.05, 0) is 64.9 Å². The first-order valence-electron chi connectivity index (χ1n) is 8.12. The first kappa shape index (κ1) is 14.6. The van der Waals surface area contributed by atoms with Gasteiger partial charge in [-0.1, -0.05) is 18.2 Å². The molecular weight excluding hydrogens is 260 g/mol. The number of aryl methyl sites for hydroxylation is 1. The van der Waals surface area contributed by atoms with Gasteiger partial charge in [-0.25, -0.2) is 0 Å². The Morgan fingerprint density at radius 2 is 2.00 bits per heavy atom. The summed E-state index contributed by atoms with van der Waals surface area (Å²) in [6.45, 7) is 6.70. The summed E-state index contributed by atoms with van der Waals surface area (Å²) in [5.41, 5.74) is 2.40. The van der Waals surface area contributed by atoms with Gasteiger partial charge in [-0.15, -0.1) is 0 Å². The lowest BCUT2D eigenvalue weighted by molar-refractivity contribution is 0.172. The quantitative estimate of drug-likeness (QED) is 0.911. The highest BCUT2D eigenvalue weighted by atomic mass is 16.3. The molecule has 1 aromatic carbocycles. The molecule has 3 rings (SSSR count). The Morgan fingerprint density at radius 3 is 2.76 bits per heavy atom. The molecule has 0 amide bonds. The van der Waals surface area contributed by atoms with Gasteiger partial charge in [-0.3, -0.25) is 4.90 Å². The van der Waals surface area contributed by atoms with Crippen LogP contribution in [0.25, 0.3) is 11.0 Å². The van der Waals surface area contributed by atoms with Crippen LogP contribution in [0.5, 0.6) is 0 Å². The van der Waals surface area contributed by atoms with Crippen LogP contribution in [0, 0.1) is 12.8 Å². The van der Waals surface area contributed by atoms with E-state index in [-0.39, 0.29) is 0 Å². The molecule has 21 heavy (non-hydrogen) atoms. The van der Waals surface area contributed by atoms with E-state index in [1.54, 1.807) is 0 Å². The van der Waals surface area contributed by atoms with E-state index in [4.69, 9.17) is 4.42 Å². The van der Waals surface area contributed by atoms with Crippen molar-refractivity contribution in [2.45, 2.75) is 32.7 Å². The number of rotatable bonds is 5. The molecule has 0 saturated carbocycles. The van der Waals surface area contributed by atoms with Crippen molar-refractivity contribution < 1.29 is 4.42 Å². The fourth-order valence-corrected chi connectivity index (χ4v) is 3.42. The Hall–Kier alpha value is -1.32. The van der Waals surface area contributed by atoms with Gasteiger partial charge in [0.2, 0.25) is 0 Å². The normalized spacial score (nSPS) is 17.6. The fourth-order valence-electron chi connectivity index (χ4n) is 3.42. The molecule has 1 N–H and O–H groups in total. The third-order valence-electron chi connectivity index (χ3n) is 4.79. The lowest BCUT2D eigenvalue weighted by Crippen LogP contribution is -2.34. The van der Waals surface area contributed by atoms with Crippen LogP contribution >= 0.6 is 0 Å². The molecule has 3 nitrogen and oxygen atoms in total. The number of benzene rings is 1. The summed E-state index contributed by atoms with van der Waals surface area (Å²) in [6.07, 6.45) is 3.98. The molecule has 1 aromatic heterocycles. The number of nitrogens with zero attached hydrogens (tertiary/aromatic N) is 1. The van der Waals surface area contributed by atoms with Crippen LogP contribution in [0.15, 0.2) is 28.7 Å². The van der Waals surface area contributed by atoms with Crippen molar-refractivity contribution in [3.8, 4) is 0 Å². The number of likely N-dealkylation sites (tertiary alicyclic amines) is 1. The minimum atomic E-state index is 0.899. The second kappa shape index (κ2) is 6.63. The Labute approximate surface area is 127 Å². The molecule has 114 valence electrons. The second-order valence-electron chi connectivity index (χ2n) is 6.24. The van der Waals surface area contributed by atoms with E-state index in [1.165, 1.54) is 43.3 Å². The molecule has 1 aliphatic heterocycles. The van der Waals surface area contributed by atoms with E-state index in [0.717, 1.165) is 30.4 Å². The van der Waals surface area contributed by atoms with Crippen molar-refractivity contribution in [3.05, 3.63) is 35.6 Å². The fraction of sp³-hybridized carbons (Fsp3) is 0.556. The van der Waals surface area contributed by atoms with Crippen LogP contribution in [-0.2, 0) is 6.54 Å². The predicted octanol–water partition coefficient (Wildman–Crippen LogP) is 3.56. The molecule has 0 unspecified atom stereocenters. The molecular formula is C18H26N2O. The largest absolute Gasteiger partial charge is 0.461 e. The summed E-state index contributed by atoms with van der Waals surface area (Å²) < 4.78 is 5.88. The van der Waals surface area contributed by atoms with Crippen molar-refractivity contribution in [1.82, 2.24) is 10.2 Å². The lowest BCUT2D eigenvalue weighted by atomic mass is 9.93. The van der Waals surface area contributed by atoms with Gasteiger partial charge >= 0.3 is 0 Å². The van der Waals surface area contributed by atoms with E-state index in [1.807, 2.05) is 13.1 Å². The van der Waals surface area contributed by atoms with Gasteiger partial charge in [0, 0.05) is 17.5 Å². The molecule has 3 heteroatoms. The minimum Gasteiger partial charge on any atom is -0.461 e. The van der Waals surface area contributed by atoms with Crippen molar-refractivity contribution in [3.63, 3.8) is 0 Å². The Morgan fingerprint density at radius 1 is 1.24 bits per heavy atom. The van der Waals surface area contributed by atoms with Gasteiger partial charge in [0.15, 0.2) is 0 Å². The van der Waals surface area contributed by atoms with Crippen molar-refractivity contribution in [1.29, 1.82) is 0 Å². The third kappa shape index (κ3) is 3.30. The van der Waals surface area contributed by atoms with Crippen LogP contribution in [0.3, 0.4) is 0 Å². The number of furan rings is 1. The first-order valence-corrected chi connectivity index (χ1v) is 8.12. The maximum absolute atomic E-state index is 5.88. The van der Waals surface area contributed by atoms with Gasteiger partial charge in [0.05, 0.1) is 0 Å². The molecule has 2 aromatic rings. The van der Waals surface area contributed by atoms with E-state index < -0.39 is 0 Å². The second-order valence-corrected chi connectivity index (χ2v) is 6.24. The Bertz CT molecular complexity index is 582. The number of piperidine rings is 1. The minimum absolute atomic E-state index is 0.899. The molecule has 2 heterocycles. The van der Waals surface area contributed by atoms with E-state index in [9.17, 15) is 0 Å². The number of hydrogen-bond acceptors (Lipinski definition) is 3. The highest BCUT2D eigenvalue weighted by molar-refractivity contribution is 5.82. The smallest absolute Gasteiger partial charge is 0.134 e. The average Bonchev–Trinajstić information content (AvgIpc) is 2.83. The highest BCUT2D eigenvalue weighted by Crippen LogP contribution is 2.28. The summed E-state index contributed by atoms with van der Waals surface area (Å²) in [5, 5.41) is 4.55. The molecule has 1 fully saturated rings. The van der Waals surface area contributed by atoms with Crippen LogP contribution in [-0.4, -0.2) is 31.6 Å². The van der Waals surface area contributed by atoms with Crippen LogP contribution in [0.1, 0.15) is 30.6 Å².